The number of ether oxygens (including phenoxy) is 1. The molecule has 7 heteroatoms. The summed E-state index contributed by atoms with van der Waals surface area (Å²) < 4.78 is 5.25. The van der Waals surface area contributed by atoms with E-state index in [-0.39, 0.29) is 24.0 Å². The number of aromatic nitrogens is 2. The average Bonchev–Trinajstić information content (AvgIpc) is 2.62. The molecule has 0 aliphatic carbocycles. The van der Waals surface area contributed by atoms with Gasteiger partial charge in [-0.05, 0) is 20.8 Å². The van der Waals surface area contributed by atoms with Crippen LogP contribution in [0, 0.1) is 0 Å². The molecule has 1 amide bonds. The highest BCUT2D eigenvalue weighted by atomic mass is 16.5. The summed E-state index contributed by atoms with van der Waals surface area (Å²) in [4.78, 5) is 21.9. The maximum absolute atomic E-state index is 11.4. The molecule has 0 spiro atoms. The summed E-state index contributed by atoms with van der Waals surface area (Å²) in [5.41, 5.74) is -0.494. The third-order valence-corrected chi connectivity index (χ3v) is 1.71. The molecule has 0 aromatic carbocycles. The molecule has 0 aliphatic rings. The predicted molar refractivity (Wildman–Crippen MR) is 59.9 cm³/mol. The van der Waals surface area contributed by atoms with Gasteiger partial charge in [-0.3, -0.25) is 9.89 Å². The third-order valence-electron chi connectivity index (χ3n) is 1.71. The van der Waals surface area contributed by atoms with Crippen molar-refractivity contribution in [1.29, 1.82) is 0 Å². The molecule has 0 fully saturated rings. The summed E-state index contributed by atoms with van der Waals surface area (Å²) >= 11 is 0. The Balaban J connectivity index is 2.48. The number of nitrogens with one attached hydrogen (secondary N) is 2. The van der Waals surface area contributed by atoms with Crippen molar-refractivity contribution in [3.63, 3.8) is 0 Å². The lowest BCUT2D eigenvalue weighted by molar-refractivity contribution is -0.125. The van der Waals surface area contributed by atoms with Crippen molar-refractivity contribution in [1.82, 2.24) is 10.2 Å². The van der Waals surface area contributed by atoms with Crippen molar-refractivity contribution in [2.75, 3.05) is 11.9 Å². The minimum Gasteiger partial charge on any atom is -0.477 e. The number of hydrogen-bond acceptors (Lipinski definition) is 4. The van der Waals surface area contributed by atoms with Gasteiger partial charge in [0.05, 0.1) is 5.60 Å². The number of amides is 1. The first kappa shape index (κ1) is 13.2. The predicted octanol–water partition coefficient (Wildman–Crippen LogP) is 0.861. The lowest BCUT2D eigenvalue weighted by Crippen LogP contribution is -2.27. The second-order valence-electron chi connectivity index (χ2n) is 4.42. The van der Waals surface area contributed by atoms with Crippen LogP contribution >= 0.6 is 0 Å². The van der Waals surface area contributed by atoms with Crippen LogP contribution in [0.1, 0.15) is 31.3 Å². The maximum atomic E-state index is 11.4. The molecule has 94 valence electrons. The van der Waals surface area contributed by atoms with Gasteiger partial charge in [-0.1, -0.05) is 0 Å². The van der Waals surface area contributed by atoms with Gasteiger partial charge in [0.25, 0.3) is 5.91 Å². The molecular weight excluding hydrogens is 226 g/mol. The maximum Gasteiger partial charge on any atom is 0.353 e. The number of carboxylic acids is 1. The fraction of sp³-hybridized carbons (Fsp3) is 0.500. The fourth-order valence-corrected chi connectivity index (χ4v) is 0.956. The first-order chi connectivity index (χ1) is 7.78. The van der Waals surface area contributed by atoms with E-state index in [1.54, 1.807) is 0 Å². The molecule has 17 heavy (non-hydrogen) atoms. The summed E-state index contributed by atoms with van der Waals surface area (Å²) in [6.07, 6.45) is 0. The third kappa shape index (κ3) is 4.64. The molecule has 0 aliphatic heterocycles. The highest BCUT2D eigenvalue weighted by Gasteiger charge is 2.14. The summed E-state index contributed by atoms with van der Waals surface area (Å²) in [6, 6.07) is 1.23. The number of hydrogen-bond donors (Lipinski definition) is 3. The van der Waals surface area contributed by atoms with E-state index >= 15 is 0 Å². The van der Waals surface area contributed by atoms with Gasteiger partial charge in [0.2, 0.25) is 0 Å². The summed E-state index contributed by atoms with van der Waals surface area (Å²) in [5, 5.41) is 17.0. The zero-order valence-electron chi connectivity index (χ0n) is 9.90. The van der Waals surface area contributed by atoms with Crippen LogP contribution in [-0.2, 0) is 9.53 Å². The van der Waals surface area contributed by atoms with Crippen LogP contribution in [0.5, 0.6) is 0 Å². The normalized spacial score (nSPS) is 11.2. The molecular formula is C10H15N3O4. The standard InChI is InChI=1S/C10H15N3O4/c1-10(2,3)17-5-8(14)11-7-4-6(9(15)16)12-13-7/h4H,5H2,1-3H3,(H,15,16)(H2,11,12,13,14). The van der Waals surface area contributed by atoms with Gasteiger partial charge in [-0.2, -0.15) is 5.10 Å². The number of rotatable bonds is 4. The van der Waals surface area contributed by atoms with Crippen molar-refractivity contribution in [2.24, 2.45) is 0 Å². The molecule has 0 saturated heterocycles. The zero-order valence-corrected chi connectivity index (χ0v) is 9.90. The number of carbonyl (C=O) groups is 2. The highest BCUT2D eigenvalue weighted by Crippen LogP contribution is 2.08. The van der Waals surface area contributed by atoms with Crippen LogP contribution < -0.4 is 5.32 Å². The number of aromatic carboxylic acids is 1. The lowest BCUT2D eigenvalue weighted by Gasteiger charge is -2.18. The Bertz CT molecular complexity index is 419. The number of carboxylic acid groups (broad SMARTS) is 1. The van der Waals surface area contributed by atoms with Crippen molar-refractivity contribution < 1.29 is 19.4 Å². The molecule has 0 radical (unpaired) electrons. The molecule has 1 aromatic rings. The van der Waals surface area contributed by atoms with E-state index in [4.69, 9.17) is 9.84 Å². The Labute approximate surface area is 98.2 Å². The van der Waals surface area contributed by atoms with Crippen molar-refractivity contribution >= 4 is 17.7 Å². The zero-order chi connectivity index (χ0) is 13.1. The highest BCUT2D eigenvalue weighted by molar-refractivity contribution is 5.92. The van der Waals surface area contributed by atoms with Gasteiger partial charge in [-0.25, -0.2) is 4.79 Å². The van der Waals surface area contributed by atoms with E-state index in [9.17, 15) is 9.59 Å². The first-order valence-electron chi connectivity index (χ1n) is 5.00. The van der Waals surface area contributed by atoms with Gasteiger partial charge in [0.15, 0.2) is 5.82 Å². The minimum atomic E-state index is -1.14. The molecule has 1 rings (SSSR count). The van der Waals surface area contributed by atoms with Crippen molar-refractivity contribution in [3.05, 3.63) is 11.8 Å². The lowest BCUT2D eigenvalue weighted by atomic mass is 10.2. The number of anilines is 1. The largest absolute Gasteiger partial charge is 0.477 e. The number of aromatic amines is 1. The van der Waals surface area contributed by atoms with Crippen LogP contribution in [0.3, 0.4) is 0 Å². The van der Waals surface area contributed by atoms with E-state index in [1.807, 2.05) is 20.8 Å². The quantitative estimate of drug-likeness (QED) is 0.725. The van der Waals surface area contributed by atoms with Crippen LogP contribution in [0.15, 0.2) is 6.07 Å². The van der Waals surface area contributed by atoms with Crippen molar-refractivity contribution in [2.45, 2.75) is 26.4 Å². The number of H-pyrrole nitrogens is 1. The Morgan fingerprint density at radius 1 is 1.53 bits per heavy atom. The Kier molecular flexibility index (Phi) is 3.84. The monoisotopic (exact) mass is 241 g/mol. The van der Waals surface area contributed by atoms with E-state index in [1.165, 1.54) is 6.07 Å². The minimum absolute atomic E-state index is 0.0861. The van der Waals surface area contributed by atoms with Gasteiger partial charge >= 0.3 is 5.97 Å². The summed E-state index contributed by atoms with van der Waals surface area (Å²) in [7, 11) is 0. The Morgan fingerprint density at radius 3 is 2.65 bits per heavy atom. The molecule has 1 heterocycles. The molecule has 7 nitrogen and oxygen atoms in total. The molecule has 3 N–H and O–H groups in total. The Hall–Kier alpha value is -1.89. The molecule has 0 unspecified atom stereocenters. The number of nitrogens with zero attached hydrogens (tertiary/aromatic N) is 1. The molecule has 1 aromatic heterocycles. The van der Waals surface area contributed by atoms with E-state index in [0.717, 1.165) is 0 Å². The summed E-state index contributed by atoms with van der Waals surface area (Å²) in [6.45, 7) is 5.38. The molecule has 0 bridgehead atoms. The van der Waals surface area contributed by atoms with Gasteiger partial charge in [0, 0.05) is 6.07 Å². The SMILES string of the molecule is CC(C)(C)OCC(=O)Nc1cc(C(=O)O)[nH]n1. The average molecular weight is 241 g/mol. The smallest absolute Gasteiger partial charge is 0.353 e. The van der Waals surface area contributed by atoms with Gasteiger partial charge in [0.1, 0.15) is 12.3 Å². The molecule has 0 atom stereocenters. The van der Waals surface area contributed by atoms with Crippen LogP contribution in [0.25, 0.3) is 0 Å². The second-order valence-corrected chi connectivity index (χ2v) is 4.42. The number of carbonyl (C=O) groups excluding carboxylic acids is 1. The fourth-order valence-electron chi connectivity index (χ4n) is 0.956. The molecule has 0 saturated carbocycles. The van der Waals surface area contributed by atoms with Crippen LogP contribution in [0.2, 0.25) is 0 Å². The van der Waals surface area contributed by atoms with Crippen molar-refractivity contribution in [3.8, 4) is 0 Å². The summed E-state index contributed by atoms with van der Waals surface area (Å²) in [5.74, 6) is -1.36. The van der Waals surface area contributed by atoms with Gasteiger partial charge < -0.3 is 15.2 Å². The van der Waals surface area contributed by atoms with E-state index in [0.29, 0.717) is 0 Å². The van der Waals surface area contributed by atoms with Crippen LogP contribution in [-0.4, -0.2) is 39.4 Å². The van der Waals surface area contributed by atoms with E-state index in [2.05, 4.69) is 15.5 Å². The first-order valence-corrected chi connectivity index (χ1v) is 5.00. The topological polar surface area (TPSA) is 104 Å². The Morgan fingerprint density at radius 2 is 2.18 bits per heavy atom. The van der Waals surface area contributed by atoms with E-state index < -0.39 is 11.6 Å². The van der Waals surface area contributed by atoms with Crippen LogP contribution in [0.4, 0.5) is 5.82 Å². The van der Waals surface area contributed by atoms with Gasteiger partial charge in [-0.15, -0.1) is 0 Å². The second kappa shape index (κ2) is 4.96.